The average molecular weight is 320 g/mol. The number of nitro groups is 1. The molecule has 1 aromatic rings. The number of aliphatic carboxylic acids is 1. The lowest BCUT2D eigenvalue weighted by Crippen LogP contribution is -2.40. The first kappa shape index (κ1) is 18.3. The molecule has 0 aliphatic carbocycles. The van der Waals surface area contributed by atoms with Gasteiger partial charge in [-0.15, -0.1) is 6.58 Å². The highest BCUT2D eigenvalue weighted by atomic mass is 16.6. The van der Waals surface area contributed by atoms with E-state index in [-0.39, 0.29) is 23.6 Å². The van der Waals surface area contributed by atoms with E-state index in [0.29, 0.717) is 12.0 Å². The predicted octanol–water partition coefficient (Wildman–Crippen LogP) is 2.87. The van der Waals surface area contributed by atoms with Crippen molar-refractivity contribution in [3.05, 3.63) is 52.1 Å². The Kier molecular flexibility index (Phi) is 6.44. The zero-order valence-corrected chi connectivity index (χ0v) is 13.1. The Morgan fingerprint density at radius 2 is 2.09 bits per heavy atom. The van der Waals surface area contributed by atoms with Crippen LogP contribution in [0.4, 0.5) is 5.69 Å². The number of nitrogens with zero attached hydrogens (tertiary/aromatic N) is 1. The number of carbonyl (C=O) groups is 2. The van der Waals surface area contributed by atoms with Gasteiger partial charge in [-0.25, -0.2) is 4.79 Å². The van der Waals surface area contributed by atoms with Gasteiger partial charge in [0.1, 0.15) is 6.04 Å². The Morgan fingerprint density at radius 1 is 1.43 bits per heavy atom. The molecule has 7 heteroatoms. The standard InChI is InChI=1S/C16H20N2O5/c1-4-5-6-13(16(20)21)17-15(19)11-7-8-12(10(2)3)14(9-11)18(22)23/h4,7-10,13H,1,5-6H2,2-3H3,(H,17,19)(H,20,21). The summed E-state index contributed by atoms with van der Waals surface area (Å²) in [5.74, 6) is -1.87. The Morgan fingerprint density at radius 3 is 2.57 bits per heavy atom. The van der Waals surface area contributed by atoms with Crippen molar-refractivity contribution in [1.29, 1.82) is 0 Å². The van der Waals surface area contributed by atoms with Crippen molar-refractivity contribution >= 4 is 17.6 Å². The number of nitrogens with one attached hydrogen (secondary N) is 1. The molecule has 0 aliphatic heterocycles. The smallest absolute Gasteiger partial charge is 0.326 e. The average Bonchev–Trinajstić information content (AvgIpc) is 2.49. The SMILES string of the molecule is C=CCCC(NC(=O)c1ccc(C(C)C)c([N+](=O)[O-])c1)C(=O)O. The summed E-state index contributed by atoms with van der Waals surface area (Å²) in [7, 11) is 0. The van der Waals surface area contributed by atoms with Crippen LogP contribution in [0, 0.1) is 10.1 Å². The Labute approximate surface area is 134 Å². The molecule has 0 saturated carbocycles. The quantitative estimate of drug-likeness (QED) is 0.435. The van der Waals surface area contributed by atoms with Gasteiger partial charge in [0.05, 0.1) is 4.92 Å². The maximum absolute atomic E-state index is 12.2. The van der Waals surface area contributed by atoms with E-state index in [4.69, 9.17) is 5.11 Å². The molecule has 0 bridgehead atoms. The van der Waals surface area contributed by atoms with E-state index in [1.807, 2.05) is 13.8 Å². The lowest BCUT2D eigenvalue weighted by molar-refractivity contribution is -0.385. The highest BCUT2D eigenvalue weighted by Gasteiger charge is 2.23. The molecule has 0 radical (unpaired) electrons. The molecule has 0 heterocycles. The Bertz CT molecular complexity index is 625. The summed E-state index contributed by atoms with van der Waals surface area (Å²) in [6.45, 7) is 7.14. The number of rotatable bonds is 8. The maximum Gasteiger partial charge on any atom is 0.326 e. The number of carboxylic acid groups (broad SMARTS) is 1. The monoisotopic (exact) mass is 320 g/mol. The van der Waals surface area contributed by atoms with Gasteiger partial charge in [0.2, 0.25) is 0 Å². The van der Waals surface area contributed by atoms with Crippen molar-refractivity contribution in [3.63, 3.8) is 0 Å². The lowest BCUT2D eigenvalue weighted by atomic mass is 9.99. The minimum absolute atomic E-state index is 0.0611. The fourth-order valence-corrected chi connectivity index (χ4v) is 2.11. The van der Waals surface area contributed by atoms with Crippen LogP contribution in [0.2, 0.25) is 0 Å². The first-order valence-corrected chi connectivity index (χ1v) is 7.20. The number of amides is 1. The van der Waals surface area contributed by atoms with Gasteiger partial charge in [-0.05, 0) is 24.8 Å². The van der Waals surface area contributed by atoms with Crippen molar-refractivity contribution in [3.8, 4) is 0 Å². The Balaban J connectivity index is 3.03. The third kappa shape index (κ3) is 4.91. The van der Waals surface area contributed by atoms with Gasteiger partial charge >= 0.3 is 5.97 Å². The molecule has 1 unspecified atom stereocenters. The molecule has 1 atom stereocenters. The largest absolute Gasteiger partial charge is 0.480 e. The highest BCUT2D eigenvalue weighted by Crippen LogP contribution is 2.27. The molecular weight excluding hydrogens is 300 g/mol. The van der Waals surface area contributed by atoms with Crippen molar-refractivity contribution < 1.29 is 19.6 Å². The van der Waals surface area contributed by atoms with Crippen molar-refractivity contribution in [2.45, 2.75) is 38.6 Å². The molecular formula is C16H20N2O5. The molecule has 23 heavy (non-hydrogen) atoms. The van der Waals surface area contributed by atoms with Gasteiger partial charge in [0, 0.05) is 17.2 Å². The number of allylic oxidation sites excluding steroid dienone is 1. The normalized spacial score (nSPS) is 11.8. The van der Waals surface area contributed by atoms with E-state index >= 15 is 0 Å². The lowest BCUT2D eigenvalue weighted by Gasteiger charge is -2.14. The summed E-state index contributed by atoms with van der Waals surface area (Å²) in [6, 6.07) is 3.10. The van der Waals surface area contributed by atoms with Crippen LogP contribution in [0.1, 0.15) is 48.5 Å². The van der Waals surface area contributed by atoms with Crippen molar-refractivity contribution in [2.75, 3.05) is 0 Å². The summed E-state index contributed by atoms with van der Waals surface area (Å²) < 4.78 is 0. The van der Waals surface area contributed by atoms with Gasteiger partial charge in [0.25, 0.3) is 11.6 Å². The fraction of sp³-hybridized carbons (Fsp3) is 0.375. The molecule has 0 aromatic heterocycles. The minimum Gasteiger partial charge on any atom is -0.480 e. The van der Waals surface area contributed by atoms with Crippen molar-refractivity contribution in [2.24, 2.45) is 0 Å². The molecule has 0 spiro atoms. The summed E-state index contributed by atoms with van der Waals surface area (Å²) >= 11 is 0. The molecule has 1 amide bonds. The van der Waals surface area contributed by atoms with E-state index in [1.54, 1.807) is 6.08 Å². The number of benzene rings is 1. The third-order valence-electron chi connectivity index (χ3n) is 3.37. The van der Waals surface area contributed by atoms with Crippen LogP contribution in [0.15, 0.2) is 30.9 Å². The topological polar surface area (TPSA) is 110 Å². The molecule has 0 aliphatic rings. The fourth-order valence-electron chi connectivity index (χ4n) is 2.11. The van der Waals surface area contributed by atoms with Crippen LogP contribution < -0.4 is 5.32 Å². The number of nitro benzene ring substituents is 1. The van der Waals surface area contributed by atoms with Crippen molar-refractivity contribution in [1.82, 2.24) is 5.32 Å². The summed E-state index contributed by atoms with van der Waals surface area (Å²) in [5.41, 5.74) is 0.435. The number of carbonyl (C=O) groups excluding carboxylic acids is 1. The number of hydrogen-bond donors (Lipinski definition) is 2. The molecule has 0 saturated heterocycles. The Hall–Kier alpha value is -2.70. The summed E-state index contributed by atoms with van der Waals surface area (Å²) in [4.78, 5) is 33.9. The van der Waals surface area contributed by atoms with Gasteiger partial charge in [-0.2, -0.15) is 0 Å². The molecule has 7 nitrogen and oxygen atoms in total. The highest BCUT2D eigenvalue weighted by molar-refractivity contribution is 5.97. The summed E-state index contributed by atoms with van der Waals surface area (Å²) in [6.07, 6.45) is 2.20. The zero-order chi connectivity index (χ0) is 17.6. The van der Waals surface area contributed by atoms with E-state index < -0.39 is 22.8 Å². The predicted molar refractivity (Wildman–Crippen MR) is 85.5 cm³/mol. The third-order valence-corrected chi connectivity index (χ3v) is 3.37. The molecule has 0 fully saturated rings. The molecule has 1 aromatic carbocycles. The molecule has 2 N–H and O–H groups in total. The van der Waals surface area contributed by atoms with Crippen LogP contribution in [0.3, 0.4) is 0 Å². The van der Waals surface area contributed by atoms with Gasteiger partial charge in [-0.3, -0.25) is 14.9 Å². The van der Waals surface area contributed by atoms with Gasteiger partial charge in [-0.1, -0.05) is 26.0 Å². The van der Waals surface area contributed by atoms with Crippen LogP contribution in [-0.2, 0) is 4.79 Å². The van der Waals surface area contributed by atoms with Crippen LogP contribution in [0.5, 0.6) is 0 Å². The summed E-state index contributed by atoms with van der Waals surface area (Å²) in [5, 5.41) is 22.6. The van der Waals surface area contributed by atoms with E-state index in [2.05, 4.69) is 11.9 Å². The first-order valence-electron chi connectivity index (χ1n) is 7.20. The van der Waals surface area contributed by atoms with Gasteiger partial charge in [0.15, 0.2) is 0 Å². The van der Waals surface area contributed by atoms with E-state index in [9.17, 15) is 19.7 Å². The van der Waals surface area contributed by atoms with E-state index in [0.717, 1.165) is 0 Å². The van der Waals surface area contributed by atoms with Crippen LogP contribution >= 0.6 is 0 Å². The number of carboxylic acids is 1. The second-order valence-corrected chi connectivity index (χ2v) is 5.42. The maximum atomic E-state index is 12.2. The molecule has 1 rings (SSSR count). The van der Waals surface area contributed by atoms with Crippen LogP contribution in [-0.4, -0.2) is 27.9 Å². The van der Waals surface area contributed by atoms with E-state index in [1.165, 1.54) is 18.2 Å². The second kappa shape index (κ2) is 8.07. The second-order valence-electron chi connectivity index (χ2n) is 5.42. The van der Waals surface area contributed by atoms with Gasteiger partial charge < -0.3 is 10.4 Å². The van der Waals surface area contributed by atoms with Crippen LogP contribution in [0.25, 0.3) is 0 Å². The molecule has 124 valence electrons. The zero-order valence-electron chi connectivity index (χ0n) is 13.1. The first-order chi connectivity index (χ1) is 10.8. The minimum atomic E-state index is -1.16. The number of hydrogen-bond acceptors (Lipinski definition) is 4.